The van der Waals surface area contributed by atoms with Gasteiger partial charge < -0.3 is 20.7 Å². The van der Waals surface area contributed by atoms with Crippen molar-refractivity contribution in [2.75, 3.05) is 37.2 Å². The molecule has 2 rings (SSSR count). The molecule has 0 heterocycles. The summed E-state index contributed by atoms with van der Waals surface area (Å²) in [7, 11) is 5.30. The van der Waals surface area contributed by atoms with E-state index in [4.69, 9.17) is 10.5 Å². The van der Waals surface area contributed by atoms with Crippen LogP contribution in [0.1, 0.15) is 10.4 Å². The van der Waals surface area contributed by atoms with Gasteiger partial charge in [-0.25, -0.2) is 4.79 Å². The summed E-state index contributed by atoms with van der Waals surface area (Å²) >= 11 is 0. The molecular weight excluding hydrogens is 266 g/mol. The molecule has 0 aliphatic rings. The van der Waals surface area contributed by atoms with Crippen LogP contribution in [0, 0.1) is 0 Å². The highest BCUT2D eigenvalue weighted by Crippen LogP contribution is 2.24. The van der Waals surface area contributed by atoms with Gasteiger partial charge in [-0.3, -0.25) is 0 Å². The van der Waals surface area contributed by atoms with E-state index in [0.717, 1.165) is 17.1 Å². The molecule has 0 aromatic heterocycles. The lowest BCUT2D eigenvalue weighted by molar-refractivity contribution is 0.0602. The molecule has 5 heteroatoms. The molecule has 0 unspecified atom stereocenters. The van der Waals surface area contributed by atoms with Crippen molar-refractivity contribution in [1.82, 2.24) is 0 Å². The maximum Gasteiger partial charge on any atom is 0.340 e. The van der Waals surface area contributed by atoms with E-state index in [1.807, 2.05) is 49.3 Å². The van der Waals surface area contributed by atoms with E-state index in [1.54, 1.807) is 12.1 Å². The molecule has 0 saturated carbocycles. The SMILES string of the molecule is COC(=O)c1cc(Nc2cccc(N(C)C)c2)ccc1N. The quantitative estimate of drug-likeness (QED) is 0.668. The smallest absolute Gasteiger partial charge is 0.340 e. The van der Waals surface area contributed by atoms with Gasteiger partial charge in [0.15, 0.2) is 0 Å². The van der Waals surface area contributed by atoms with Crippen molar-refractivity contribution >= 4 is 28.7 Å². The third-order valence-electron chi connectivity index (χ3n) is 3.11. The number of nitrogens with two attached hydrogens (primary N) is 1. The Kier molecular flexibility index (Phi) is 4.33. The molecule has 0 aliphatic carbocycles. The van der Waals surface area contributed by atoms with Crippen LogP contribution in [-0.4, -0.2) is 27.2 Å². The number of anilines is 4. The topological polar surface area (TPSA) is 67.6 Å². The van der Waals surface area contributed by atoms with Crippen LogP contribution in [0.5, 0.6) is 0 Å². The Balaban J connectivity index is 2.27. The predicted octanol–water partition coefficient (Wildman–Crippen LogP) is 2.87. The van der Waals surface area contributed by atoms with Crippen molar-refractivity contribution in [3.8, 4) is 0 Å². The van der Waals surface area contributed by atoms with Crippen molar-refractivity contribution in [1.29, 1.82) is 0 Å². The van der Waals surface area contributed by atoms with E-state index in [9.17, 15) is 4.79 Å². The lowest BCUT2D eigenvalue weighted by Crippen LogP contribution is -2.08. The van der Waals surface area contributed by atoms with Gasteiger partial charge in [0.1, 0.15) is 0 Å². The third-order valence-corrected chi connectivity index (χ3v) is 3.11. The molecule has 0 amide bonds. The monoisotopic (exact) mass is 285 g/mol. The number of hydrogen-bond acceptors (Lipinski definition) is 5. The predicted molar refractivity (Wildman–Crippen MR) is 86.2 cm³/mol. The lowest BCUT2D eigenvalue weighted by atomic mass is 10.1. The summed E-state index contributed by atoms with van der Waals surface area (Å²) in [5, 5.41) is 3.26. The third kappa shape index (κ3) is 3.45. The number of nitrogens with zero attached hydrogens (tertiary/aromatic N) is 1. The van der Waals surface area contributed by atoms with Gasteiger partial charge >= 0.3 is 5.97 Å². The van der Waals surface area contributed by atoms with Gasteiger partial charge in [-0.1, -0.05) is 6.07 Å². The number of carbonyl (C=O) groups is 1. The maximum atomic E-state index is 11.6. The molecule has 2 aromatic rings. The van der Waals surface area contributed by atoms with E-state index < -0.39 is 5.97 Å². The normalized spacial score (nSPS) is 10.0. The average Bonchev–Trinajstić information content (AvgIpc) is 2.48. The number of methoxy groups -OCH3 is 1. The molecule has 110 valence electrons. The Morgan fingerprint density at radius 1 is 1.14 bits per heavy atom. The summed E-state index contributed by atoms with van der Waals surface area (Å²) in [6.07, 6.45) is 0. The van der Waals surface area contributed by atoms with Crippen LogP contribution >= 0.6 is 0 Å². The molecule has 5 nitrogen and oxygen atoms in total. The van der Waals surface area contributed by atoms with Gasteiger partial charge in [0.25, 0.3) is 0 Å². The highest BCUT2D eigenvalue weighted by molar-refractivity contribution is 5.96. The number of esters is 1. The maximum absolute atomic E-state index is 11.6. The fraction of sp³-hybridized carbons (Fsp3) is 0.188. The molecule has 0 fully saturated rings. The second kappa shape index (κ2) is 6.17. The summed E-state index contributed by atoms with van der Waals surface area (Å²) < 4.78 is 4.72. The minimum atomic E-state index is -0.446. The molecule has 21 heavy (non-hydrogen) atoms. The molecular formula is C16H19N3O2. The summed E-state index contributed by atoms with van der Waals surface area (Å²) in [6, 6.07) is 13.2. The number of carbonyl (C=O) groups excluding carboxylic acids is 1. The van der Waals surface area contributed by atoms with E-state index in [0.29, 0.717) is 11.3 Å². The molecule has 0 bridgehead atoms. The molecule has 0 radical (unpaired) electrons. The number of nitrogens with one attached hydrogen (secondary N) is 1. The molecule has 0 aliphatic heterocycles. The Hall–Kier alpha value is -2.69. The van der Waals surface area contributed by atoms with E-state index in [2.05, 4.69) is 5.32 Å². The Morgan fingerprint density at radius 2 is 1.86 bits per heavy atom. The standard InChI is InChI=1S/C16H19N3O2/c1-19(2)13-6-4-5-11(9-13)18-12-7-8-15(17)14(10-12)16(20)21-3/h4-10,18H,17H2,1-3H3. The second-order valence-electron chi connectivity index (χ2n) is 4.86. The average molecular weight is 285 g/mol. The summed E-state index contributed by atoms with van der Waals surface area (Å²) in [6.45, 7) is 0. The summed E-state index contributed by atoms with van der Waals surface area (Å²) in [5.41, 5.74) is 9.34. The number of ether oxygens (including phenoxy) is 1. The summed E-state index contributed by atoms with van der Waals surface area (Å²) in [5.74, 6) is -0.446. The fourth-order valence-electron chi connectivity index (χ4n) is 1.95. The van der Waals surface area contributed by atoms with Crippen LogP contribution in [-0.2, 0) is 4.74 Å². The number of hydrogen-bond donors (Lipinski definition) is 2. The zero-order valence-corrected chi connectivity index (χ0v) is 12.4. The van der Waals surface area contributed by atoms with Crippen molar-refractivity contribution < 1.29 is 9.53 Å². The van der Waals surface area contributed by atoms with Crippen molar-refractivity contribution in [3.63, 3.8) is 0 Å². The van der Waals surface area contributed by atoms with E-state index >= 15 is 0 Å². The van der Waals surface area contributed by atoms with Gasteiger partial charge in [-0.2, -0.15) is 0 Å². The van der Waals surface area contributed by atoms with Gasteiger partial charge in [0.05, 0.1) is 12.7 Å². The van der Waals surface area contributed by atoms with Crippen LogP contribution in [0.3, 0.4) is 0 Å². The lowest BCUT2D eigenvalue weighted by Gasteiger charge is -2.15. The van der Waals surface area contributed by atoms with Crippen LogP contribution in [0.2, 0.25) is 0 Å². The van der Waals surface area contributed by atoms with E-state index in [-0.39, 0.29) is 0 Å². The van der Waals surface area contributed by atoms with Gasteiger partial charge in [-0.05, 0) is 36.4 Å². The first kappa shape index (κ1) is 14.7. The van der Waals surface area contributed by atoms with Crippen molar-refractivity contribution in [2.45, 2.75) is 0 Å². The Labute approximate surface area is 124 Å². The molecule has 2 aromatic carbocycles. The molecule has 0 atom stereocenters. The first-order valence-corrected chi connectivity index (χ1v) is 6.53. The first-order valence-electron chi connectivity index (χ1n) is 6.53. The van der Waals surface area contributed by atoms with Crippen LogP contribution in [0.15, 0.2) is 42.5 Å². The van der Waals surface area contributed by atoms with E-state index in [1.165, 1.54) is 7.11 Å². The highest BCUT2D eigenvalue weighted by Gasteiger charge is 2.10. The van der Waals surface area contributed by atoms with Gasteiger partial charge in [0.2, 0.25) is 0 Å². The van der Waals surface area contributed by atoms with Crippen molar-refractivity contribution in [3.05, 3.63) is 48.0 Å². The van der Waals surface area contributed by atoms with Gasteiger partial charge in [-0.15, -0.1) is 0 Å². The molecule has 3 N–H and O–H groups in total. The Morgan fingerprint density at radius 3 is 2.52 bits per heavy atom. The van der Waals surface area contributed by atoms with Gasteiger partial charge in [0, 0.05) is 36.8 Å². The number of rotatable bonds is 4. The van der Waals surface area contributed by atoms with Crippen molar-refractivity contribution in [2.24, 2.45) is 0 Å². The van der Waals surface area contributed by atoms with Crippen LogP contribution < -0.4 is 16.0 Å². The number of nitrogen functional groups attached to an aromatic ring is 1. The Bertz CT molecular complexity index is 654. The minimum Gasteiger partial charge on any atom is -0.465 e. The first-order chi connectivity index (χ1) is 10.0. The van der Waals surface area contributed by atoms with Crippen LogP contribution in [0.25, 0.3) is 0 Å². The molecule has 0 saturated heterocycles. The minimum absolute atomic E-state index is 0.353. The number of benzene rings is 2. The second-order valence-corrected chi connectivity index (χ2v) is 4.86. The fourth-order valence-corrected chi connectivity index (χ4v) is 1.95. The zero-order valence-electron chi connectivity index (χ0n) is 12.4. The zero-order chi connectivity index (χ0) is 15.4. The summed E-state index contributed by atoms with van der Waals surface area (Å²) in [4.78, 5) is 13.7. The largest absolute Gasteiger partial charge is 0.465 e. The molecule has 0 spiro atoms. The highest BCUT2D eigenvalue weighted by atomic mass is 16.5. The van der Waals surface area contributed by atoms with Crippen LogP contribution in [0.4, 0.5) is 22.7 Å².